The molecular formula is C17H16Cl2N2O2. The molecule has 1 unspecified atom stereocenters. The molecule has 120 valence electrons. The zero-order valence-electron chi connectivity index (χ0n) is 12.5. The highest BCUT2D eigenvalue weighted by molar-refractivity contribution is 6.32. The maximum absolute atomic E-state index is 12.9. The molecule has 1 atom stereocenters. The summed E-state index contributed by atoms with van der Waals surface area (Å²) in [6, 6.07) is 12.6. The fourth-order valence-electron chi connectivity index (χ4n) is 2.92. The molecule has 23 heavy (non-hydrogen) atoms. The van der Waals surface area contributed by atoms with Crippen molar-refractivity contribution in [2.45, 2.75) is 5.54 Å². The van der Waals surface area contributed by atoms with Crippen molar-refractivity contribution in [3.05, 3.63) is 63.6 Å². The quantitative estimate of drug-likeness (QED) is 0.812. The topological polar surface area (TPSA) is 50.4 Å². The second kappa shape index (κ2) is 6.49. The number of carbonyl (C=O) groups is 1. The predicted octanol–water partition coefficient (Wildman–Crippen LogP) is 3.43. The molecule has 1 heterocycles. The molecule has 0 saturated carbocycles. The number of halogens is 2. The van der Waals surface area contributed by atoms with Crippen LogP contribution in [0, 0.1) is 0 Å². The van der Waals surface area contributed by atoms with Gasteiger partial charge in [0.05, 0.1) is 6.61 Å². The Balaban J connectivity index is 2.19. The number of anilines is 1. The molecule has 0 spiro atoms. The third kappa shape index (κ3) is 2.72. The van der Waals surface area contributed by atoms with Gasteiger partial charge >= 0.3 is 0 Å². The van der Waals surface area contributed by atoms with Crippen molar-refractivity contribution >= 4 is 34.8 Å². The number of amides is 1. The van der Waals surface area contributed by atoms with E-state index in [4.69, 9.17) is 27.9 Å². The Morgan fingerprint density at radius 3 is 2.70 bits per heavy atom. The predicted molar refractivity (Wildman–Crippen MR) is 92.2 cm³/mol. The third-order valence-electron chi connectivity index (χ3n) is 3.95. The van der Waals surface area contributed by atoms with E-state index in [-0.39, 0.29) is 5.91 Å². The first-order chi connectivity index (χ1) is 11.1. The number of hydrogen-bond acceptors (Lipinski definition) is 3. The van der Waals surface area contributed by atoms with Crippen molar-refractivity contribution in [2.24, 2.45) is 0 Å². The Hall–Kier alpha value is -1.59. The minimum absolute atomic E-state index is 0.182. The Morgan fingerprint density at radius 1 is 1.17 bits per heavy atom. The number of ether oxygens (including phenoxy) is 1. The minimum atomic E-state index is -1.09. The summed E-state index contributed by atoms with van der Waals surface area (Å²) in [6.45, 7) is 0.955. The van der Waals surface area contributed by atoms with Crippen molar-refractivity contribution in [1.82, 2.24) is 5.32 Å². The second-order valence-electron chi connectivity index (χ2n) is 5.29. The van der Waals surface area contributed by atoms with E-state index >= 15 is 0 Å². The van der Waals surface area contributed by atoms with E-state index < -0.39 is 5.54 Å². The van der Waals surface area contributed by atoms with Crippen LogP contribution in [-0.4, -0.2) is 26.2 Å². The maximum atomic E-state index is 12.9. The standard InChI is InChI=1S/C17H16Cl2N2O2/c1-23-9-8-20-17(12-4-2-3-5-14(12)19)13-10-11(18)6-7-15(13)21-16(17)22/h2-7,10,20H,8-9H2,1H3,(H,21,22). The van der Waals surface area contributed by atoms with Gasteiger partial charge in [-0.05, 0) is 24.3 Å². The molecule has 0 saturated heterocycles. The van der Waals surface area contributed by atoms with E-state index in [2.05, 4.69) is 10.6 Å². The normalized spacial score (nSPS) is 19.5. The number of nitrogens with one attached hydrogen (secondary N) is 2. The first kappa shape index (κ1) is 16.3. The van der Waals surface area contributed by atoms with Gasteiger partial charge in [0.2, 0.25) is 0 Å². The molecule has 0 radical (unpaired) electrons. The number of rotatable bonds is 5. The van der Waals surface area contributed by atoms with Crippen LogP contribution in [0.2, 0.25) is 10.0 Å². The molecule has 2 N–H and O–H groups in total. The van der Waals surface area contributed by atoms with Gasteiger partial charge in [-0.1, -0.05) is 41.4 Å². The van der Waals surface area contributed by atoms with Crippen molar-refractivity contribution in [2.75, 3.05) is 25.6 Å². The fourth-order valence-corrected chi connectivity index (χ4v) is 3.37. The Morgan fingerprint density at radius 2 is 1.96 bits per heavy atom. The highest BCUT2D eigenvalue weighted by Gasteiger charge is 2.49. The number of hydrogen-bond donors (Lipinski definition) is 2. The van der Waals surface area contributed by atoms with Crippen molar-refractivity contribution in [1.29, 1.82) is 0 Å². The summed E-state index contributed by atoms with van der Waals surface area (Å²) in [5, 5.41) is 7.29. The Kier molecular flexibility index (Phi) is 4.60. The number of benzene rings is 2. The Labute approximate surface area is 144 Å². The van der Waals surface area contributed by atoms with Gasteiger partial charge in [0.25, 0.3) is 5.91 Å². The van der Waals surface area contributed by atoms with Crippen LogP contribution in [0.1, 0.15) is 11.1 Å². The molecule has 3 rings (SSSR count). The lowest BCUT2D eigenvalue weighted by Gasteiger charge is -2.30. The summed E-state index contributed by atoms with van der Waals surface area (Å²) in [5.41, 5.74) is 1.09. The third-order valence-corrected chi connectivity index (χ3v) is 4.51. The van der Waals surface area contributed by atoms with Gasteiger partial charge < -0.3 is 10.1 Å². The van der Waals surface area contributed by atoms with E-state index in [1.165, 1.54) is 0 Å². The molecule has 2 aromatic rings. The van der Waals surface area contributed by atoms with Crippen LogP contribution in [0.5, 0.6) is 0 Å². The van der Waals surface area contributed by atoms with E-state index in [0.717, 1.165) is 11.3 Å². The molecule has 1 aliphatic rings. The first-order valence-electron chi connectivity index (χ1n) is 7.20. The number of carbonyl (C=O) groups excluding carboxylic acids is 1. The van der Waals surface area contributed by atoms with Crippen LogP contribution in [-0.2, 0) is 15.1 Å². The van der Waals surface area contributed by atoms with Crippen LogP contribution < -0.4 is 10.6 Å². The lowest BCUT2D eigenvalue weighted by atomic mass is 9.83. The zero-order chi connectivity index (χ0) is 16.4. The molecule has 0 aromatic heterocycles. The van der Waals surface area contributed by atoms with Gasteiger partial charge in [0, 0.05) is 40.5 Å². The van der Waals surface area contributed by atoms with E-state index in [0.29, 0.717) is 28.8 Å². The zero-order valence-corrected chi connectivity index (χ0v) is 14.0. The van der Waals surface area contributed by atoms with Crippen LogP contribution in [0.3, 0.4) is 0 Å². The molecule has 6 heteroatoms. The van der Waals surface area contributed by atoms with Gasteiger partial charge in [-0.2, -0.15) is 0 Å². The molecular weight excluding hydrogens is 335 g/mol. The summed E-state index contributed by atoms with van der Waals surface area (Å²) >= 11 is 12.6. The molecule has 1 aliphatic heterocycles. The molecule has 0 bridgehead atoms. The molecule has 0 aliphatic carbocycles. The van der Waals surface area contributed by atoms with Gasteiger partial charge in [-0.3, -0.25) is 10.1 Å². The van der Waals surface area contributed by atoms with Gasteiger partial charge in [0.15, 0.2) is 5.54 Å². The fraction of sp³-hybridized carbons (Fsp3) is 0.235. The SMILES string of the molecule is COCCNC1(c2ccccc2Cl)C(=O)Nc2ccc(Cl)cc21. The molecule has 0 fully saturated rings. The highest BCUT2D eigenvalue weighted by Crippen LogP contribution is 2.44. The monoisotopic (exact) mass is 350 g/mol. The first-order valence-corrected chi connectivity index (χ1v) is 7.95. The van der Waals surface area contributed by atoms with Crippen molar-refractivity contribution in [3.8, 4) is 0 Å². The lowest BCUT2D eigenvalue weighted by Crippen LogP contribution is -2.50. The van der Waals surface area contributed by atoms with E-state index in [9.17, 15) is 4.79 Å². The second-order valence-corrected chi connectivity index (χ2v) is 6.14. The van der Waals surface area contributed by atoms with Gasteiger partial charge in [0.1, 0.15) is 0 Å². The maximum Gasteiger partial charge on any atom is 0.254 e. The summed E-state index contributed by atoms with van der Waals surface area (Å²) in [7, 11) is 1.61. The minimum Gasteiger partial charge on any atom is -0.383 e. The molecule has 1 amide bonds. The average molecular weight is 351 g/mol. The number of methoxy groups -OCH3 is 1. The summed E-state index contributed by atoms with van der Waals surface area (Å²) in [4.78, 5) is 12.9. The van der Waals surface area contributed by atoms with E-state index in [1.807, 2.05) is 18.2 Å². The molecule has 2 aromatic carbocycles. The highest BCUT2D eigenvalue weighted by atomic mass is 35.5. The van der Waals surface area contributed by atoms with E-state index in [1.54, 1.807) is 31.4 Å². The van der Waals surface area contributed by atoms with Gasteiger partial charge in [-0.25, -0.2) is 0 Å². The summed E-state index contributed by atoms with van der Waals surface area (Å²) in [6.07, 6.45) is 0. The Bertz CT molecular complexity index is 751. The van der Waals surface area contributed by atoms with Crippen molar-refractivity contribution < 1.29 is 9.53 Å². The van der Waals surface area contributed by atoms with Crippen LogP contribution in [0.15, 0.2) is 42.5 Å². The van der Waals surface area contributed by atoms with Gasteiger partial charge in [-0.15, -0.1) is 0 Å². The summed E-state index contributed by atoms with van der Waals surface area (Å²) in [5.74, 6) is -0.182. The van der Waals surface area contributed by atoms with Crippen LogP contribution >= 0.6 is 23.2 Å². The van der Waals surface area contributed by atoms with Crippen LogP contribution in [0.25, 0.3) is 0 Å². The smallest absolute Gasteiger partial charge is 0.254 e. The van der Waals surface area contributed by atoms with Crippen LogP contribution in [0.4, 0.5) is 5.69 Å². The largest absolute Gasteiger partial charge is 0.383 e. The lowest BCUT2D eigenvalue weighted by molar-refractivity contribution is -0.120. The molecule has 4 nitrogen and oxygen atoms in total. The summed E-state index contributed by atoms with van der Waals surface area (Å²) < 4.78 is 5.11. The average Bonchev–Trinajstić information content (AvgIpc) is 2.81. The number of fused-ring (bicyclic) bond motifs is 1. The van der Waals surface area contributed by atoms with Crippen molar-refractivity contribution in [3.63, 3.8) is 0 Å².